The van der Waals surface area contributed by atoms with Crippen molar-refractivity contribution in [3.05, 3.63) is 99.7 Å². The molecule has 35 heavy (non-hydrogen) atoms. The van der Waals surface area contributed by atoms with Gasteiger partial charge in [0.15, 0.2) is 0 Å². The van der Waals surface area contributed by atoms with Crippen LogP contribution < -0.4 is 5.43 Å². The number of alkyl halides is 3. The molecule has 0 unspecified atom stereocenters. The van der Waals surface area contributed by atoms with Crippen LogP contribution >= 0.6 is 11.6 Å². The first-order chi connectivity index (χ1) is 16.7. The van der Waals surface area contributed by atoms with Crippen LogP contribution in [0.4, 0.5) is 13.2 Å². The van der Waals surface area contributed by atoms with E-state index in [0.717, 1.165) is 23.0 Å². The lowest BCUT2D eigenvalue weighted by molar-refractivity contribution is -0.137. The first-order valence-electron chi connectivity index (χ1n) is 10.2. The van der Waals surface area contributed by atoms with Gasteiger partial charge in [0.2, 0.25) is 0 Å². The number of hydrogen-bond donors (Lipinski definition) is 2. The standard InChI is InChI=1S/C25H16ClF3N4O2/c26-21-6-5-19(25(27,28)29)11-18(21)14-33-9-8-20-16(2-1-3-22(20)33)13-31-32-24(35)15-4-7-23(34)17(10-15)12-30/h1-11,13,34H,14H2,(H,32,35)/b31-13+. The molecule has 176 valence electrons. The third-order valence-corrected chi connectivity index (χ3v) is 5.68. The molecule has 10 heteroatoms. The van der Waals surface area contributed by atoms with Crippen LogP contribution in [0.5, 0.6) is 5.75 Å². The monoisotopic (exact) mass is 496 g/mol. The number of phenolic OH excluding ortho intramolecular Hbond substituents is 1. The van der Waals surface area contributed by atoms with E-state index in [1.54, 1.807) is 35.0 Å². The largest absolute Gasteiger partial charge is 0.507 e. The molecule has 2 N–H and O–H groups in total. The van der Waals surface area contributed by atoms with Crippen LogP contribution in [-0.4, -0.2) is 21.8 Å². The van der Waals surface area contributed by atoms with Crippen molar-refractivity contribution in [1.82, 2.24) is 9.99 Å². The van der Waals surface area contributed by atoms with Crippen LogP contribution in [0.25, 0.3) is 10.9 Å². The summed E-state index contributed by atoms with van der Waals surface area (Å²) in [6.07, 6.45) is -1.30. The van der Waals surface area contributed by atoms with Crippen LogP contribution in [-0.2, 0) is 12.7 Å². The van der Waals surface area contributed by atoms with Gasteiger partial charge in [-0.1, -0.05) is 23.7 Å². The van der Waals surface area contributed by atoms with Crippen LogP contribution in [0.15, 0.2) is 72.0 Å². The molecule has 0 bridgehead atoms. The Morgan fingerprint density at radius 3 is 2.71 bits per heavy atom. The lowest BCUT2D eigenvalue weighted by Crippen LogP contribution is -2.17. The Bertz CT molecular complexity index is 1500. The van der Waals surface area contributed by atoms with Gasteiger partial charge in [0.1, 0.15) is 11.8 Å². The highest BCUT2D eigenvalue weighted by molar-refractivity contribution is 6.31. The molecule has 0 aliphatic heterocycles. The lowest BCUT2D eigenvalue weighted by atomic mass is 10.1. The summed E-state index contributed by atoms with van der Waals surface area (Å²) >= 11 is 6.15. The van der Waals surface area contributed by atoms with Gasteiger partial charge in [-0.3, -0.25) is 4.79 Å². The first-order valence-corrected chi connectivity index (χ1v) is 10.5. The van der Waals surface area contributed by atoms with E-state index >= 15 is 0 Å². The van der Waals surface area contributed by atoms with Crippen molar-refractivity contribution in [2.45, 2.75) is 12.7 Å². The summed E-state index contributed by atoms with van der Waals surface area (Å²) < 4.78 is 41.1. The van der Waals surface area contributed by atoms with Gasteiger partial charge >= 0.3 is 6.18 Å². The number of nitrogens with zero attached hydrogens (tertiary/aromatic N) is 3. The fraction of sp³-hybridized carbons (Fsp3) is 0.0800. The Morgan fingerprint density at radius 1 is 1.17 bits per heavy atom. The van der Waals surface area contributed by atoms with Crippen molar-refractivity contribution in [3.8, 4) is 11.8 Å². The summed E-state index contributed by atoms with van der Waals surface area (Å²) in [5.41, 5.74) is 3.45. The number of rotatable bonds is 5. The quantitative estimate of drug-likeness (QED) is 0.274. The second-order valence-electron chi connectivity index (χ2n) is 7.57. The Hall–Kier alpha value is -4.29. The zero-order valence-corrected chi connectivity index (χ0v) is 18.6. The molecule has 0 saturated heterocycles. The van der Waals surface area contributed by atoms with Crippen LogP contribution in [0.2, 0.25) is 5.02 Å². The minimum atomic E-state index is -4.47. The number of halogens is 4. The molecule has 1 aromatic heterocycles. The number of fused-ring (bicyclic) bond motifs is 1. The maximum absolute atomic E-state index is 13.1. The second-order valence-corrected chi connectivity index (χ2v) is 7.98. The predicted octanol–water partition coefficient (Wildman–Crippen LogP) is 5.70. The molecule has 0 radical (unpaired) electrons. The van der Waals surface area contributed by atoms with Crippen molar-refractivity contribution in [2.24, 2.45) is 5.10 Å². The SMILES string of the molecule is N#Cc1cc(C(=O)N/N=C/c2cccc3c2ccn3Cc2cc(C(F)(F)F)ccc2Cl)ccc1O. The van der Waals surface area contributed by atoms with Crippen molar-refractivity contribution in [1.29, 1.82) is 5.26 Å². The Balaban J connectivity index is 1.55. The Morgan fingerprint density at radius 2 is 1.97 bits per heavy atom. The van der Waals surface area contributed by atoms with Gasteiger partial charge in [0.05, 0.1) is 17.3 Å². The van der Waals surface area contributed by atoms with Crippen molar-refractivity contribution >= 4 is 34.6 Å². The van der Waals surface area contributed by atoms with E-state index in [4.69, 9.17) is 16.9 Å². The summed E-state index contributed by atoms with van der Waals surface area (Å²) in [5.74, 6) is -0.795. The molecule has 4 aromatic rings. The Kier molecular flexibility index (Phi) is 6.49. The van der Waals surface area contributed by atoms with E-state index in [1.165, 1.54) is 30.5 Å². The molecule has 0 spiro atoms. The van der Waals surface area contributed by atoms with E-state index < -0.39 is 17.6 Å². The number of phenols is 1. The number of aromatic hydroxyl groups is 1. The van der Waals surface area contributed by atoms with Crippen LogP contribution in [0.3, 0.4) is 0 Å². The summed E-state index contributed by atoms with van der Waals surface area (Å²) in [4.78, 5) is 12.3. The molecule has 1 heterocycles. The minimum Gasteiger partial charge on any atom is -0.507 e. The Labute approximate surface area is 202 Å². The molecule has 3 aromatic carbocycles. The average Bonchev–Trinajstić information content (AvgIpc) is 3.23. The number of aromatic nitrogens is 1. The number of hydrogen-bond acceptors (Lipinski definition) is 4. The topological polar surface area (TPSA) is 90.4 Å². The fourth-order valence-corrected chi connectivity index (χ4v) is 3.72. The molecule has 6 nitrogen and oxygen atoms in total. The van der Waals surface area contributed by atoms with Gasteiger partial charge in [-0.2, -0.15) is 23.5 Å². The van der Waals surface area contributed by atoms with Crippen molar-refractivity contribution in [2.75, 3.05) is 0 Å². The molecular weight excluding hydrogens is 481 g/mol. The number of carbonyl (C=O) groups is 1. The molecule has 0 saturated carbocycles. The third-order valence-electron chi connectivity index (χ3n) is 5.31. The number of nitriles is 1. The molecule has 0 aliphatic rings. The zero-order valence-electron chi connectivity index (χ0n) is 17.8. The van der Waals surface area contributed by atoms with E-state index in [2.05, 4.69) is 10.5 Å². The summed E-state index contributed by atoms with van der Waals surface area (Å²) in [6, 6.07) is 16.0. The number of amides is 1. The number of hydrazone groups is 1. The van der Waals surface area contributed by atoms with Crippen molar-refractivity contribution in [3.63, 3.8) is 0 Å². The third kappa shape index (κ3) is 5.13. The molecule has 0 fully saturated rings. The van der Waals surface area contributed by atoms with Gasteiger partial charge in [-0.05, 0) is 54.1 Å². The number of carbonyl (C=O) groups excluding carboxylic acids is 1. The molecule has 4 rings (SSSR count). The smallest absolute Gasteiger partial charge is 0.416 e. The summed E-state index contributed by atoms with van der Waals surface area (Å²) in [5, 5.41) is 23.5. The lowest BCUT2D eigenvalue weighted by Gasteiger charge is -2.12. The molecular formula is C25H16ClF3N4O2. The minimum absolute atomic E-state index is 0.0337. The fourth-order valence-electron chi connectivity index (χ4n) is 3.55. The van der Waals surface area contributed by atoms with Gasteiger partial charge in [0.25, 0.3) is 5.91 Å². The molecule has 1 amide bonds. The maximum Gasteiger partial charge on any atom is 0.416 e. The normalized spacial score (nSPS) is 11.6. The zero-order chi connectivity index (χ0) is 25.2. The van der Waals surface area contributed by atoms with E-state index in [1.807, 2.05) is 6.07 Å². The highest BCUT2D eigenvalue weighted by Gasteiger charge is 2.30. The molecule has 0 atom stereocenters. The van der Waals surface area contributed by atoms with E-state index in [0.29, 0.717) is 11.1 Å². The first kappa shape index (κ1) is 23.9. The molecule has 0 aliphatic carbocycles. The average molecular weight is 497 g/mol. The van der Waals surface area contributed by atoms with E-state index in [9.17, 15) is 23.1 Å². The second kappa shape index (κ2) is 9.52. The number of nitrogens with one attached hydrogen (secondary N) is 1. The van der Waals surface area contributed by atoms with Gasteiger partial charge in [-0.15, -0.1) is 0 Å². The van der Waals surface area contributed by atoms with Gasteiger partial charge < -0.3 is 9.67 Å². The summed E-state index contributed by atoms with van der Waals surface area (Å²) in [6.45, 7) is 0.131. The van der Waals surface area contributed by atoms with Crippen LogP contribution in [0, 0.1) is 11.3 Å². The highest BCUT2D eigenvalue weighted by atomic mass is 35.5. The highest BCUT2D eigenvalue weighted by Crippen LogP contribution is 2.32. The van der Waals surface area contributed by atoms with Gasteiger partial charge in [-0.25, -0.2) is 5.43 Å². The van der Waals surface area contributed by atoms with Crippen LogP contribution in [0.1, 0.15) is 32.6 Å². The number of benzene rings is 3. The van der Waals surface area contributed by atoms with Crippen molar-refractivity contribution < 1.29 is 23.1 Å². The summed E-state index contributed by atoms with van der Waals surface area (Å²) in [7, 11) is 0. The maximum atomic E-state index is 13.1. The van der Waals surface area contributed by atoms with E-state index in [-0.39, 0.29) is 28.4 Å². The predicted molar refractivity (Wildman–Crippen MR) is 125 cm³/mol. The van der Waals surface area contributed by atoms with Gasteiger partial charge in [0, 0.05) is 39.8 Å².